The van der Waals surface area contributed by atoms with Gasteiger partial charge in [0.15, 0.2) is 5.84 Å². The van der Waals surface area contributed by atoms with Crippen molar-refractivity contribution in [2.45, 2.75) is 6.92 Å². The molecule has 0 fully saturated rings. The summed E-state index contributed by atoms with van der Waals surface area (Å²) in [7, 11) is -3.52. The fourth-order valence-electron chi connectivity index (χ4n) is 1.23. The van der Waals surface area contributed by atoms with E-state index in [4.69, 9.17) is 4.74 Å². The maximum Gasteiger partial charge on any atom is 0.252 e. The number of ether oxygens (including phenoxy) is 1. The highest BCUT2D eigenvalue weighted by Crippen LogP contribution is 2.09. The lowest BCUT2D eigenvalue weighted by molar-refractivity contribution is 0.338. The lowest BCUT2D eigenvalue weighted by Crippen LogP contribution is -2.08. The van der Waals surface area contributed by atoms with E-state index in [1.54, 1.807) is 30.5 Å². The van der Waals surface area contributed by atoms with Crippen LogP contribution < -0.4 is 0 Å². The summed E-state index contributed by atoms with van der Waals surface area (Å²) in [6.07, 6.45) is 2.84. The van der Waals surface area contributed by atoms with Gasteiger partial charge in [-0.05, 0) is 13.2 Å². The van der Waals surface area contributed by atoms with Gasteiger partial charge in [-0.25, -0.2) is 8.42 Å². The standard InChI is InChI=1S/C12H16N2O3S2/c1-4-17-12(18-2)13-11(14-19(3,15)16)10-8-6-5-7-9-10/h5-9H,4H2,1-3H3. The Balaban J connectivity index is 3.26. The normalized spacial score (nSPS) is 13.4. The molecule has 0 amide bonds. The van der Waals surface area contributed by atoms with Gasteiger partial charge < -0.3 is 4.74 Å². The van der Waals surface area contributed by atoms with Gasteiger partial charge >= 0.3 is 0 Å². The van der Waals surface area contributed by atoms with E-state index in [1.165, 1.54) is 11.8 Å². The van der Waals surface area contributed by atoms with Gasteiger partial charge in [-0.1, -0.05) is 42.1 Å². The van der Waals surface area contributed by atoms with Crippen LogP contribution in [-0.2, 0) is 14.8 Å². The first-order valence-corrected chi connectivity index (χ1v) is 8.64. The second-order valence-corrected chi connectivity index (χ2v) is 5.93. The largest absolute Gasteiger partial charge is 0.473 e. The number of aliphatic imine (C=N–C) groups is 1. The molecule has 19 heavy (non-hydrogen) atoms. The van der Waals surface area contributed by atoms with Crippen molar-refractivity contribution in [1.82, 2.24) is 0 Å². The highest BCUT2D eigenvalue weighted by molar-refractivity contribution is 8.13. The van der Waals surface area contributed by atoms with Crippen LogP contribution >= 0.6 is 11.8 Å². The zero-order valence-electron chi connectivity index (χ0n) is 11.0. The zero-order chi connectivity index (χ0) is 14.3. The molecule has 104 valence electrons. The SMILES string of the molecule is CCOC(=NC(=NS(C)(=O)=O)c1ccccc1)SC. The number of rotatable bonds is 3. The monoisotopic (exact) mass is 300 g/mol. The van der Waals surface area contributed by atoms with Crippen LogP contribution in [-0.4, -0.2) is 38.6 Å². The first kappa shape index (κ1) is 15.7. The number of hydrogen-bond donors (Lipinski definition) is 0. The Kier molecular flexibility index (Phi) is 6.04. The Hall–Kier alpha value is -1.34. The van der Waals surface area contributed by atoms with E-state index in [0.717, 1.165) is 6.26 Å². The van der Waals surface area contributed by atoms with E-state index in [2.05, 4.69) is 9.39 Å². The average Bonchev–Trinajstić information content (AvgIpc) is 2.36. The molecule has 0 bridgehead atoms. The molecular weight excluding hydrogens is 284 g/mol. The molecule has 0 spiro atoms. The van der Waals surface area contributed by atoms with Gasteiger partial charge in [0, 0.05) is 5.56 Å². The topological polar surface area (TPSA) is 68.1 Å². The summed E-state index contributed by atoms with van der Waals surface area (Å²) in [5, 5.41) is 0.383. The third-order valence-corrected chi connectivity index (χ3v) is 2.99. The highest BCUT2D eigenvalue weighted by Gasteiger charge is 2.09. The number of benzene rings is 1. The van der Waals surface area contributed by atoms with Gasteiger partial charge in [0.2, 0.25) is 0 Å². The van der Waals surface area contributed by atoms with Crippen LogP contribution in [0.4, 0.5) is 0 Å². The van der Waals surface area contributed by atoms with Crippen molar-refractivity contribution >= 4 is 32.9 Å². The van der Waals surface area contributed by atoms with Crippen LogP contribution in [0.2, 0.25) is 0 Å². The van der Waals surface area contributed by atoms with Crippen molar-refractivity contribution < 1.29 is 13.2 Å². The summed E-state index contributed by atoms with van der Waals surface area (Å²) < 4.78 is 31.6. The van der Waals surface area contributed by atoms with E-state index in [0.29, 0.717) is 17.4 Å². The van der Waals surface area contributed by atoms with Crippen LogP contribution in [0.25, 0.3) is 0 Å². The van der Waals surface area contributed by atoms with Gasteiger partial charge in [0.25, 0.3) is 15.3 Å². The summed E-state index contributed by atoms with van der Waals surface area (Å²) in [6, 6.07) is 8.92. The molecule has 0 saturated heterocycles. The third-order valence-electron chi connectivity index (χ3n) is 1.92. The first-order chi connectivity index (χ1) is 8.96. The lowest BCUT2D eigenvalue weighted by Gasteiger charge is -2.05. The summed E-state index contributed by atoms with van der Waals surface area (Å²) in [6.45, 7) is 2.29. The number of nitrogens with zero attached hydrogens (tertiary/aromatic N) is 2. The minimum absolute atomic E-state index is 0.126. The molecule has 1 rings (SSSR count). The maximum absolute atomic E-state index is 11.3. The Morgan fingerprint density at radius 2 is 1.95 bits per heavy atom. The summed E-state index contributed by atoms with van der Waals surface area (Å²) >= 11 is 1.30. The molecule has 5 nitrogen and oxygen atoms in total. The Morgan fingerprint density at radius 1 is 1.32 bits per heavy atom. The van der Waals surface area contributed by atoms with E-state index < -0.39 is 10.0 Å². The van der Waals surface area contributed by atoms with Gasteiger partial charge in [0.1, 0.15) is 0 Å². The predicted octanol–water partition coefficient (Wildman–Crippen LogP) is 2.15. The number of amidine groups is 1. The van der Waals surface area contributed by atoms with Crippen LogP contribution in [0.15, 0.2) is 39.7 Å². The van der Waals surface area contributed by atoms with Crippen molar-refractivity contribution in [2.75, 3.05) is 19.1 Å². The zero-order valence-corrected chi connectivity index (χ0v) is 12.7. The fourth-order valence-corrected chi connectivity index (χ4v) is 2.10. The lowest BCUT2D eigenvalue weighted by atomic mass is 10.2. The van der Waals surface area contributed by atoms with Gasteiger partial charge in [-0.3, -0.25) is 0 Å². The predicted molar refractivity (Wildman–Crippen MR) is 80.4 cm³/mol. The van der Waals surface area contributed by atoms with Gasteiger partial charge in [-0.2, -0.15) is 4.99 Å². The molecule has 0 aromatic heterocycles. The number of sulfonamides is 1. The van der Waals surface area contributed by atoms with Crippen LogP contribution in [0, 0.1) is 0 Å². The second kappa shape index (κ2) is 7.30. The highest BCUT2D eigenvalue weighted by atomic mass is 32.2. The number of hydrogen-bond acceptors (Lipinski definition) is 4. The van der Waals surface area contributed by atoms with E-state index in [-0.39, 0.29) is 5.84 Å². The Labute approximate surface area is 117 Å². The van der Waals surface area contributed by atoms with E-state index in [1.807, 2.05) is 13.0 Å². The van der Waals surface area contributed by atoms with Gasteiger partial charge in [0.05, 0.1) is 12.9 Å². The van der Waals surface area contributed by atoms with E-state index >= 15 is 0 Å². The summed E-state index contributed by atoms with van der Waals surface area (Å²) in [4.78, 5) is 4.17. The molecule has 0 radical (unpaired) electrons. The Bertz CT molecular complexity index is 566. The molecule has 0 aliphatic heterocycles. The van der Waals surface area contributed by atoms with Crippen LogP contribution in [0.1, 0.15) is 12.5 Å². The quantitative estimate of drug-likeness (QED) is 0.633. The molecular formula is C12H16N2O3S2. The maximum atomic E-state index is 11.3. The summed E-state index contributed by atoms with van der Waals surface area (Å²) in [5.74, 6) is 0.126. The minimum Gasteiger partial charge on any atom is -0.473 e. The Morgan fingerprint density at radius 3 is 2.42 bits per heavy atom. The smallest absolute Gasteiger partial charge is 0.252 e. The fraction of sp³-hybridized carbons (Fsp3) is 0.333. The molecule has 7 heteroatoms. The molecule has 0 heterocycles. The minimum atomic E-state index is -3.52. The molecule has 0 atom stereocenters. The molecule has 0 aliphatic rings. The van der Waals surface area contributed by atoms with Crippen molar-refractivity contribution in [3.05, 3.63) is 35.9 Å². The van der Waals surface area contributed by atoms with Crippen LogP contribution in [0.5, 0.6) is 0 Å². The third kappa shape index (κ3) is 5.89. The van der Waals surface area contributed by atoms with Crippen molar-refractivity contribution in [1.29, 1.82) is 0 Å². The van der Waals surface area contributed by atoms with E-state index in [9.17, 15) is 8.42 Å². The molecule has 0 N–H and O–H groups in total. The molecule has 1 aromatic rings. The van der Waals surface area contributed by atoms with Crippen molar-refractivity contribution in [3.63, 3.8) is 0 Å². The van der Waals surface area contributed by atoms with Gasteiger partial charge in [-0.15, -0.1) is 4.40 Å². The van der Waals surface area contributed by atoms with Crippen molar-refractivity contribution in [3.8, 4) is 0 Å². The second-order valence-electron chi connectivity index (χ2n) is 3.53. The van der Waals surface area contributed by atoms with Crippen molar-refractivity contribution in [2.24, 2.45) is 9.39 Å². The number of thioether (sulfide) groups is 1. The summed E-state index contributed by atoms with van der Waals surface area (Å²) in [5.41, 5.74) is 0.624. The van der Waals surface area contributed by atoms with Crippen LogP contribution in [0.3, 0.4) is 0 Å². The molecule has 0 aliphatic carbocycles. The molecule has 0 unspecified atom stereocenters. The molecule has 1 aromatic carbocycles. The first-order valence-electron chi connectivity index (χ1n) is 5.57. The average molecular weight is 300 g/mol. The molecule has 0 saturated carbocycles.